The first-order valence-corrected chi connectivity index (χ1v) is 7.69. The van der Waals surface area contributed by atoms with Crippen molar-refractivity contribution in [1.29, 1.82) is 0 Å². The molecule has 0 fully saturated rings. The van der Waals surface area contributed by atoms with Gasteiger partial charge in [-0.1, -0.05) is 51.7 Å². The predicted molar refractivity (Wildman–Crippen MR) is 85.5 cm³/mol. The van der Waals surface area contributed by atoms with Crippen molar-refractivity contribution in [3.63, 3.8) is 0 Å². The topological polar surface area (TPSA) is 55.1 Å². The second-order valence-corrected chi connectivity index (χ2v) is 5.87. The van der Waals surface area contributed by atoms with Crippen LogP contribution in [0.25, 0.3) is 0 Å². The standard InChI is InChI=1S/C17H28N2O/c1-14(2)8-5-3-4-6-11-19-17(20)13-15-9-7-10-16(18)12-15/h7,9-10,12,14H,3-6,8,11,13,18H2,1-2H3,(H,19,20). The molecule has 0 atom stereocenters. The van der Waals surface area contributed by atoms with Gasteiger partial charge < -0.3 is 11.1 Å². The number of unbranched alkanes of at least 4 members (excludes halogenated alkanes) is 3. The minimum absolute atomic E-state index is 0.0813. The molecule has 0 spiro atoms. The summed E-state index contributed by atoms with van der Waals surface area (Å²) in [5.41, 5.74) is 7.37. The number of amides is 1. The molecule has 1 aromatic rings. The van der Waals surface area contributed by atoms with Crippen molar-refractivity contribution in [2.24, 2.45) is 5.92 Å². The number of hydrogen-bond donors (Lipinski definition) is 2. The third-order valence-electron chi connectivity index (χ3n) is 3.35. The fourth-order valence-electron chi connectivity index (χ4n) is 2.21. The van der Waals surface area contributed by atoms with Crippen molar-refractivity contribution in [2.45, 2.75) is 52.4 Å². The van der Waals surface area contributed by atoms with Crippen molar-refractivity contribution in [3.8, 4) is 0 Å². The first-order chi connectivity index (χ1) is 9.58. The maximum atomic E-state index is 11.8. The van der Waals surface area contributed by atoms with Gasteiger partial charge in [0.1, 0.15) is 0 Å². The third kappa shape index (κ3) is 7.82. The van der Waals surface area contributed by atoms with Gasteiger partial charge in [0.2, 0.25) is 5.91 Å². The van der Waals surface area contributed by atoms with Gasteiger partial charge in [-0.05, 0) is 30.0 Å². The molecule has 0 aliphatic heterocycles. The van der Waals surface area contributed by atoms with Crippen molar-refractivity contribution in [3.05, 3.63) is 29.8 Å². The van der Waals surface area contributed by atoms with E-state index in [1.807, 2.05) is 24.3 Å². The van der Waals surface area contributed by atoms with Crippen LogP contribution in [0.2, 0.25) is 0 Å². The molecule has 0 aliphatic rings. The second-order valence-electron chi connectivity index (χ2n) is 5.87. The fraction of sp³-hybridized carbons (Fsp3) is 0.588. The zero-order valence-corrected chi connectivity index (χ0v) is 12.8. The van der Waals surface area contributed by atoms with E-state index in [1.54, 1.807) is 0 Å². The smallest absolute Gasteiger partial charge is 0.224 e. The molecule has 0 aliphatic carbocycles. The number of anilines is 1. The van der Waals surface area contributed by atoms with Gasteiger partial charge in [-0.15, -0.1) is 0 Å². The normalized spacial score (nSPS) is 10.8. The Hall–Kier alpha value is -1.51. The Morgan fingerprint density at radius 1 is 1.20 bits per heavy atom. The highest BCUT2D eigenvalue weighted by molar-refractivity contribution is 5.78. The molecule has 0 bridgehead atoms. The molecule has 0 unspecified atom stereocenters. The van der Waals surface area contributed by atoms with Crippen LogP contribution in [0.4, 0.5) is 5.69 Å². The molecule has 3 heteroatoms. The molecule has 112 valence electrons. The predicted octanol–water partition coefficient (Wildman–Crippen LogP) is 3.53. The van der Waals surface area contributed by atoms with Gasteiger partial charge in [-0.2, -0.15) is 0 Å². The Balaban J connectivity index is 2.06. The van der Waals surface area contributed by atoms with Crippen LogP contribution in [0.15, 0.2) is 24.3 Å². The van der Waals surface area contributed by atoms with E-state index < -0.39 is 0 Å². The lowest BCUT2D eigenvalue weighted by molar-refractivity contribution is -0.120. The van der Waals surface area contributed by atoms with Gasteiger partial charge in [0, 0.05) is 12.2 Å². The lowest BCUT2D eigenvalue weighted by Crippen LogP contribution is -2.26. The lowest BCUT2D eigenvalue weighted by atomic mass is 10.0. The number of rotatable bonds is 9. The van der Waals surface area contributed by atoms with E-state index in [0.717, 1.165) is 24.4 Å². The van der Waals surface area contributed by atoms with Crippen LogP contribution in [0.3, 0.4) is 0 Å². The monoisotopic (exact) mass is 276 g/mol. The zero-order chi connectivity index (χ0) is 14.8. The summed E-state index contributed by atoms with van der Waals surface area (Å²) < 4.78 is 0. The summed E-state index contributed by atoms with van der Waals surface area (Å²) in [6, 6.07) is 7.50. The highest BCUT2D eigenvalue weighted by Crippen LogP contribution is 2.09. The van der Waals surface area contributed by atoms with Crippen molar-refractivity contribution in [2.75, 3.05) is 12.3 Å². The molecule has 0 radical (unpaired) electrons. The molecule has 0 heterocycles. The summed E-state index contributed by atoms with van der Waals surface area (Å²) in [4.78, 5) is 11.8. The molecule has 0 saturated carbocycles. The first kappa shape index (κ1) is 16.5. The van der Waals surface area contributed by atoms with E-state index in [-0.39, 0.29) is 5.91 Å². The maximum Gasteiger partial charge on any atom is 0.224 e. The molecule has 0 saturated heterocycles. The molecule has 20 heavy (non-hydrogen) atoms. The summed E-state index contributed by atoms with van der Waals surface area (Å²) in [5, 5.41) is 2.97. The Morgan fingerprint density at radius 2 is 1.95 bits per heavy atom. The van der Waals surface area contributed by atoms with Crippen molar-refractivity contribution < 1.29 is 4.79 Å². The van der Waals surface area contributed by atoms with Crippen LogP contribution in [-0.2, 0) is 11.2 Å². The lowest BCUT2D eigenvalue weighted by Gasteiger charge is -2.07. The van der Waals surface area contributed by atoms with Crippen molar-refractivity contribution in [1.82, 2.24) is 5.32 Å². The largest absolute Gasteiger partial charge is 0.399 e. The van der Waals surface area contributed by atoms with Gasteiger partial charge in [-0.3, -0.25) is 4.79 Å². The van der Waals surface area contributed by atoms with Crippen LogP contribution in [0.5, 0.6) is 0 Å². The van der Waals surface area contributed by atoms with Gasteiger partial charge in [0.25, 0.3) is 0 Å². The quantitative estimate of drug-likeness (QED) is 0.535. The van der Waals surface area contributed by atoms with Crippen LogP contribution < -0.4 is 11.1 Å². The summed E-state index contributed by atoms with van der Waals surface area (Å²) >= 11 is 0. The second kappa shape index (κ2) is 9.40. The van der Waals surface area contributed by atoms with Crippen molar-refractivity contribution >= 4 is 11.6 Å². The SMILES string of the molecule is CC(C)CCCCCCNC(=O)Cc1cccc(N)c1. The summed E-state index contributed by atoms with van der Waals surface area (Å²) in [7, 11) is 0. The number of carbonyl (C=O) groups is 1. The average molecular weight is 276 g/mol. The number of hydrogen-bond acceptors (Lipinski definition) is 2. The highest BCUT2D eigenvalue weighted by Gasteiger charge is 2.03. The van der Waals surface area contributed by atoms with E-state index in [9.17, 15) is 4.79 Å². The Morgan fingerprint density at radius 3 is 2.65 bits per heavy atom. The molecule has 1 amide bonds. The first-order valence-electron chi connectivity index (χ1n) is 7.69. The molecular weight excluding hydrogens is 248 g/mol. The third-order valence-corrected chi connectivity index (χ3v) is 3.35. The molecule has 1 rings (SSSR count). The molecule has 0 aromatic heterocycles. The van der Waals surface area contributed by atoms with E-state index in [4.69, 9.17) is 5.73 Å². The summed E-state index contributed by atoms with van der Waals surface area (Å²) in [5.74, 6) is 0.880. The fourth-order valence-corrected chi connectivity index (χ4v) is 2.21. The van der Waals surface area contributed by atoms with E-state index in [0.29, 0.717) is 12.1 Å². The van der Waals surface area contributed by atoms with E-state index in [2.05, 4.69) is 19.2 Å². The minimum atomic E-state index is 0.0813. The van der Waals surface area contributed by atoms with Crippen LogP contribution >= 0.6 is 0 Å². The van der Waals surface area contributed by atoms with Crippen LogP contribution in [-0.4, -0.2) is 12.5 Å². The Bertz CT molecular complexity index is 402. The molecule has 1 aromatic carbocycles. The highest BCUT2D eigenvalue weighted by atomic mass is 16.1. The Kier molecular flexibility index (Phi) is 7.78. The van der Waals surface area contributed by atoms with Crippen LogP contribution in [0, 0.1) is 5.92 Å². The Labute approximate surface area is 122 Å². The summed E-state index contributed by atoms with van der Waals surface area (Å²) in [6.07, 6.45) is 6.56. The molecule has 3 nitrogen and oxygen atoms in total. The molecule has 3 N–H and O–H groups in total. The summed E-state index contributed by atoms with van der Waals surface area (Å²) in [6.45, 7) is 5.30. The minimum Gasteiger partial charge on any atom is -0.399 e. The van der Waals surface area contributed by atoms with Gasteiger partial charge in [0.05, 0.1) is 6.42 Å². The van der Waals surface area contributed by atoms with Crippen LogP contribution in [0.1, 0.15) is 51.5 Å². The van der Waals surface area contributed by atoms with Gasteiger partial charge in [-0.25, -0.2) is 0 Å². The molecular formula is C17H28N2O. The number of nitrogens with two attached hydrogens (primary N) is 1. The number of nitrogen functional groups attached to an aromatic ring is 1. The number of nitrogens with one attached hydrogen (secondary N) is 1. The zero-order valence-electron chi connectivity index (χ0n) is 12.8. The number of benzene rings is 1. The number of carbonyl (C=O) groups excluding carboxylic acids is 1. The van der Waals surface area contributed by atoms with Gasteiger partial charge in [0.15, 0.2) is 0 Å². The van der Waals surface area contributed by atoms with E-state index >= 15 is 0 Å². The average Bonchev–Trinajstić information content (AvgIpc) is 2.37. The maximum absolute atomic E-state index is 11.8. The van der Waals surface area contributed by atoms with E-state index in [1.165, 1.54) is 25.7 Å². The van der Waals surface area contributed by atoms with Gasteiger partial charge >= 0.3 is 0 Å².